The Kier molecular flexibility index (Phi) is 7.42. The van der Waals surface area contributed by atoms with Crippen molar-refractivity contribution in [2.75, 3.05) is 55.0 Å². The zero-order valence-electron chi connectivity index (χ0n) is 19.4. The van der Waals surface area contributed by atoms with Crippen LogP contribution < -0.4 is 20.0 Å². The molecule has 2 saturated heterocycles. The van der Waals surface area contributed by atoms with Gasteiger partial charge in [0.05, 0.1) is 11.3 Å². The van der Waals surface area contributed by atoms with Crippen LogP contribution in [0.5, 0.6) is 0 Å². The van der Waals surface area contributed by atoms with Crippen LogP contribution in [0.25, 0.3) is 0 Å². The summed E-state index contributed by atoms with van der Waals surface area (Å²) in [7, 11) is 3.90. The first-order valence-electron chi connectivity index (χ1n) is 11.7. The van der Waals surface area contributed by atoms with E-state index in [4.69, 9.17) is 11.6 Å². The Morgan fingerprint density at radius 3 is 2.48 bits per heavy atom. The maximum absolute atomic E-state index is 13.2. The van der Waals surface area contributed by atoms with Crippen LogP contribution in [0.3, 0.4) is 0 Å². The van der Waals surface area contributed by atoms with Gasteiger partial charge in [0.1, 0.15) is 6.07 Å². The van der Waals surface area contributed by atoms with Crippen molar-refractivity contribution in [2.24, 2.45) is 5.92 Å². The third kappa shape index (κ3) is 5.26. The highest BCUT2D eigenvalue weighted by atomic mass is 35.5. The lowest BCUT2D eigenvalue weighted by molar-refractivity contribution is -0.122. The van der Waals surface area contributed by atoms with Crippen molar-refractivity contribution in [1.82, 2.24) is 5.32 Å². The van der Waals surface area contributed by atoms with Gasteiger partial charge in [-0.15, -0.1) is 0 Å². The van der Waals surface area contributed by atoms with Crippen molar-refractivity contribution in [3.05, 3.63) is 53.1 Å². The Morgan fingerprint density at radius 2 is 1.82 bits per heavy atom. The third-order valence-corrected chi connectivity index (χ3v) is 7.26. The van der Waals surface area contributed by atoms with Gasteiger partial charge in [-0.2, -0.15) is 5.26 Å². The number of hydrogen-bond acceptors (Lipinski definition) is 5. The van der Waals surface area contributed by atoms with Crippen LogP contribution in [-0.2, 0) is 4.79 Å². The zero-order valence-corrected chi connectivity index (χ0v) is 20.2. The highest BCUT2D eigenvalue weighted by molar-refractivity contribution is 6.30. The van der Waals surface area contributed by atoms with Crippen LogP contribution in [0.4, 0.5) is 17.1 Å². The second-order valence-corrected chi connectivity index (χ2v) is 9.46. The lowest BCUT2D eigenvalue weighted by Gasteiger charge is -2.35. The van der Waals surface area contributed by atoms with Crippen LogP contribution in [0.1, 0.15) is 31.2 Å². The fraction of sp³-hybridized carbons (Fsp3) is 0.462. The standard InChI is InChI=1S/C26H32ClN5O/c1-29-22-4-3-13-32(18-22)24-8-6-23(7-9-24)30(2)26(33)19-11-14-31(15-12-19)25-10-5-21(27)16-20(25)17-28/h5-10,16,19,22,29H,3-4,11-15,18H2,1-2H3. The molecular weight excluding hydrogens is 434 g/mol. The highest BCUT2D eigenvalue weighted by Crippen LogP contribution is 2.30. The van der Waals surface area contributed by atoms with Crippen molar-refractivity contribution in [2.45, 2.75) is 31.7 Å². The first kappa shape index (κ1) is 23.4. The van der Waals surface area contributed by atoms with Crippen LogP contribution in [0.15, 0.2) is 42.5 Å². The third-order valence-electron chi connectivity index (χ3n) is 7.03. The van der Waals surface area contributed by atoms with Crippen molar-refractivity contribution in [3.8, 4) is 6.07 Å². The molecule has 6 nitrogen and oxygen atoms in total. The van der Waals surface area contributed by atoms with E-state index in [1.807, 2.05) is 26.2 Å². The summed E-state index contributed by atoms with van der Waals surface area (Å²) in [5.41, 5.74) is 3.62. The van der Waals surface area contributed by atoms with Gasteiger partial charge < -0.3 is 20.0 Å². The number of amides is 1. The molecule has 1 unspecified atom stereocenters. The Morgan fingerprint density at radius 1 is 1.09 bits per heavy atom. The molecule has 2 fully saturated rings. The van der Waals surface area contributed by atoms with E-state index < -0.39 is 0 Å². The molecule has 1 N–H and O–H groups in total. The fourth-order valence-electron chi connectivity index (χ4n) is 4.98. The summed E-state index contributed by atoms with van der Waals surface area (Å²) >= 11 is 6.03. The Balaban J connectivity index is 1.36. The number of carbonyl (C=O) groups is 1. The lowest BCUT2D eigenvalue weighted by Crippen LogP contribution is -2.44. The SMILES string of the molecule is CNC1CCCN(c2ccc(N(C)C(=O)C3CCN(c4ccc(Cl)cc4C#N)CC3)cc2)C1. The quantitative estimate of drug-likeness (QED) is 0.714. The predicted octanol–water partition coefficient (Wildman–Crippen LogP) is 4.28. The number of rotatable bonds is 5. The van der Waals surface area contributed by atoms with E-state index in [0.29, 0.717) is 16.6 Å². The number of nitriles is 1. The molecular formula is C26H32ClN5O. The molecule has 2 aliphatic rings. The Bertz CT molecular complexity index is 1010. The van der Waals surface area contributed by atoms with Gasteiger partial charge in [-0.05, 0) is 75.2 Å². The molecule has 0 aromatic heterocycles. The molecule has 1 amide bonds. The summed E-state index contributed by atoms with van der Waals surface area (Å²) in [4.78, 5) is 19.6. The predicted molar refractivity (Wildman–Crippen MR) is 135 cm³/mol. The molecule has 7 heteroatoms. The molecule has 0 saturated carbocycles. The minimum absolute atomic E-state index is 0.0118. The van der Waals surface area contributed by atoms with Crippen molar-refractivity contribution in [1.29, 1.82) is 5.26 Å². The van der Waals surface area contributed by atoms with Crippen molar-refractivity contribution < 1.29 is 4.79 Å². The molecule has 0 radical (unpaired) electrons. The second kappa shape index (κ2) is 10.5. The summed E-state index contributed by atoms with van der Waals surface area (Å²) in [5.74, 6) is 0.148. The van der Waals surface area contributed by atoms with Crippen molar-refractivity contribution >= 4 is 34.6 Å². The number of anilines is 3. The molecule has 174 valence electrons. The monoisotopic (exact) mass is 465 g/mol. The molecule has 2 aliphatic heterocycles. The topological polar surface area (TPSA) is 62.6 Å². The Labute approximate surface area is 201 Å². The highest BCUT2D eigenvalue weighted by Gasteiger charge is 2.29. The van der Waals surface area contributed by atoms with Gasteiger partial charge >= 0.3 is 0 Å². The smallest absolute Gasteiger partial charge is 0.229 e. The minimum Gasteiger partial charge on any atom is -0.370 e. The number of likely N-dealkylation sites (N-methyl/N-ethyl adjacent to an activating group) is 1. The van der Waals surface area contributed by atoms with E-state index in [0.717, 1.165) is 50.4 Å². The summed E-state index contributed by atoms with van der Waals surface area (Å²) in [6.07, 6.45) is 3.95. The number of piperidine rings is 2. The van der Waals surface area contributed by atoms with Gasteiger partial charge in [0.2, 0.25) is 5.91 Å². The van der Waals surface area contributed by atoms with Crippen LogP contribution >= 0.6 is 11.6 Å². The average molecular weight is 466 g/mol. The largest absolute Gasteiger partial charge is 0.370 e. The van der Waals surface area contributed by atoms with Crippen LogP contribution in [0.2, 0.25) is 5.02 Å². The van der Waals surface area contributed by atoms with E-state index in [2.05, 4.69) is 45.5 Å². The number of hydrogen-bond donors (Lipinski definition) is 1. The van der Waals surface area contributed by atoms with E-state index >= 15 is 0 Å². The van der Waals surface area contributed by atoms with E-state index in [1.54, 1.807) is 11.0 Å². The maximum Gasteiger partial charge on any atom is 0.229 e. The molecule has 0 aliphatic carbocycles. The number of halogens is 1. The zero-order chi connectivity index (χ0) is 23.4. The summed E-state index contributed by atoms with van der Waals surface area (Å²) in [6, 6.07) is 16.5. The number of nitrogens with one attached hydrogen (secondary N) is 1. The van der Waals surface area contributed by atoms with E-state index in [9.17, 15) is 10.1 Å². The summed E-state index contributed by atoms with van der Waals surface area (Å²) in [5, 5.41) is 13.4. The number of benzene rings is 2. The number of nitrogens with zero attached hydrogens (tertiary/aromatic N) is 4. The van der Waals surface area contributed by atoms with E-state index in [-0.39, 0.29) is 11.8 Å². The second-order valence-electron chi connectivity index (χ2n) is 9.02. The van der Waals surface area contributed by atoms with Crippen LogP contribution in [0, 0.1) is 17.2 Å². The normalized spacial score (nSPS) is 19.3. The molecule has 2 aromatic carbocycles. The van der Waals surface area contributed by atoms with Gasteiger partial charge in [-0.25, -0.2) is 0 Å². The molecule has 33 heavy (non-hydrogen) atoms. The molecule has 2 heterocycles. The average Bonchev–Trinajstić information content (AvgIpc) is 2.88. The molecule has 1 atom stereocenters. The van der Waals surface area contributed by atoms with Gasteiger partial charge in [-0.3, -0.25) is 4.79 Å². The lowest BCUT2D eigenvalue weighted by atomic mass is 9.94. The molecule has 0 bridgehead atoms. The molecule has 0 spiro atoms. The summed E-state index contributed by atoms with van der Waals surface area (Å²) in [6.45, 7) is 3.60. The van der Waals surface area contributed by atoms with Crippen LogP contribution in [-0.4, -0.2) is 52.2 Å². The van der Waals surface area contributed by atoms with Gasteiger partial charge in [0.25, 0.3) is 0 Å². The van der Waals surface area contributed by atoms with E-state index in [1.165, 1.54) is 18.5 Å². The minimum atomic E-state index is -0.0118. The van der Waals surface area contributed by atoms with Gasteiger partial charge in [-0.1, -0.05) is 11.6 Å². The Hall–Kier alpha value is -2.75. The first-order valence-corrected chi connectivity index (χ1v) is 12.1. The van der Waals surface area contributed by atoms with Crippen molar-refractivity contribution in [3.63, 3.8) is 0 Å². The first-order chi connectivity index (χ1) is 16.0. The van der Waals surface area contributed by atoms with Gasteiger partial charge in [0.15, 0.2) is 0 Å². The van der Waals surface area contributed by atoms with Gasteiger partial charge in [0, 0.05) is 61.6 Å². The molecule has 4 rings (SSSR count). The summed E-state index contributed by atoms with van der Waals surface area (Å²) < 4.78 is 0. The fourth-order valence-corrected chi connectivity index (χ4v) is 5.15. The molecule has 2 aromatic rings. The number of carbonyl (C=O) groups excluding carboxylic acids is 1. The maximum atomic E-state index is 13.2.